The standard InChI is InChI=1S/C30H36N2O7/c1-20-25(32-27(38-20)21-10-6-4-7-11-21)16-17-36-24-14-15-26(39-30(2,3)28(33)34)22(18-24)19-37-29(35)31-23-12-8-5-9-13-23/h4,6-7,10-11,14-15,18,23H,5,8-9,12-13,16-17,19H2,1-3H3,(H,31,35)(H,33,34). The van der Waals surface area contributed by atoms with E-state index in [4.69, 9.17) is 18.6 Å². The van der Waals surface area contributed by atoms with Crippen molar-refractivity contribution >= 4 is 12.1 Å². The van der Waals surface area contributed by atoms with Crippen LogP contribution in [-0.2, 0) is 22.6 Å². The third-order valence-corrected chi connectivity index (χ3v) is 6.72. The summed E-state index contributed by atoms with van der Waals surface area (Å²) >= 11 is 0. The van der Waals surface area contributed by atoms with Gasteiger partial charge in [0.25, 0.3) is 0 Å². The summed E-state index contributed by atoms with van der Waals surface area (Å²) in [7, 11) is 0. The normalized spacial score (nSPS) is 14.0. The number of rotatable bonds is 11. The highest BCUT2D eigenvalue weighted by molar-refractivity contribution is 5.77. The first-order valence-corrected chi connectivity index (χ1v) is 13.3. The van der Waals surface area contributed by atoms with E-state index >= 15 is 0 Å². The molecule has 1 heterocycles. The van der Waals surface area contributed by atoms with Gasteiger partial charge in [-0.3, -0.25) is 0 Å². The molecule has 1 saturated carbocycles. The van der Waals surface area contributed by atoms with Crippen molar-refractivity contribution in [3.8, 4) is 23.0 Å². The Labute approximate surface area is 228 Å². The molecule has 0 bridgehead atoms. The van der Waals surface area contributed by atoms with Gasteiger partial charge >= 0.3 is 12.1 Å². The van der Waals surface area contributed by atoms with Crippen LogP contribution in [0.3, 0.4) is 0 Å². The molecule has 0 aliphatic heterocycles. The van der Waals surface area contributed by atoms with Crippen molar-refractivity contribution in [2.75, 3.05) is 6.61 Å². The van der Waals surface area contributed by atoms with E-state index in [0.717, 1.165) is 42.7 Å². The van der Waals surface area contributed by atoms with Gasteiger partial charge in [-0.15, -0.1) is 0 Å². The molecule has 1 aromatic heterocycles. The lowest BCUT2D eigenvalue weighted by Crippen LogP contribution is -2.38. The maximum atomic E-state index is 12.4. The summed E-state index contributed by atoms with van der Waals surface area (Å²) in [4.78, 5) is 28.7. The SMILES string of the molecule is Cc1oc(-c2ccccc2)nc1CCOc1ccc(OC(C)(C)C(=O)O)c(COC(=O)NC2CCCCC2)c1. The van der Waals surface area contributed by atoms with Crippen LogP contribution in [0.15, 0.2) is 52.9 Å². The fraction of sp³-hybridized carbons (Fsp3) is 0.433. The zero-order valence-electron chi connectivity index (χ0n) is 22.7. The molecule has 0 atom stereocenters. The van der Waals surface area contributed by atoms with E-state index in [9.17, 15) is 14.7 Å². The fourth-order valence-electron chi connectivity index (χ4n) is 4.40. The Morgan fingerprint density at radius 2 is 1.85 bits per heavy atom. The predicted octanol–water partition coefficient (Wildman–Crippen LogP) is 6.07. The zero-order chi connectivity index (χ0) is 27.8. The minimum absolute atomic E-state index is 0.0936. The molecule has 2 N–H and O–H groups in total. The van der Waals surface area contributed by atoms with E-state index in [0.29, 0.717) is 36.0 Å². The maximum absolute atomic E-state index is 12.4. The lowest BCUT2D eigenvalue weighted by atomic mass is 9.96. The van der Waals surface area contributed by atoms with Gasteiger partial charge in [-0.2, -0.15) is 0 Å². The van der Waals surface area contributed by atoms with Gasteiger partial charge in [-0.25, -0.2) is 14.6 Å². The summed E-state index contributed by atoms with van der Waals surface area (Å²) in [6.07, 6.45) is 5.27. The molecule has 1 aliphatic carbocycles. The molecule has 208 valence electrons. The third kappa shape index (κ3) is 7.75. The van der Waals surface area contributed by atoms with Crippen molar-refractivity contribution in [1.29, 1.82) is 0 Å². The Hall–Kier alpha value is -4.01. The predicted molar refractivity (Wildman–Crippen MR) is 145 cm³/mol. The number of alkyl carbamates (subject to hydrolysis) is 1. The average Bonchev–Trinajstić information content (AvgIpc) is 3.29. The molecule has 0 spiro atoms. The van der Waals surface area contributed by atoms with Crippen molar-refractivity contribution in [1.82, 2.24) is 10.3 Å². The highest BCUT2D eigenvalue weighted by Gasteiger charge is 2.30. The molecule has 9 heteroatoms. The molecule has 0 saturated heterocycles. The second kappa shape index (κ2) is 12.7. The summed E-state index contributed by atoms with van der Waals surface area (Å²) < 4.78 is 23.1. The lowest BCUT2D eigenvalue weighted by Gasteiger charge is -2.24. The first kappa shape index (κ1) is 28.0. The van der Waals surface area contributed by atoms with Crippen molar-refractivity contribution < 1.29 is 33.3 Å². The number of carboxylic acid groups (broad SMARTS) is 1. The first-order chi connectivity index (χ1) is 18.7. The number of hydrogen-bond acceptors (Lipinski definition) is 7. The van der Waals surface area contributed by atoms with Crippen LogP contribution in [0.25, 0.3) is 11.5 Å². The maximum Gasteiger partial charge on any atom is 0.407 e. The number of nitrogens with one attached hydrogen (secondary N) is 1. The van der Waals surface area contributed by atoms with Crippen molar-refractivity contribution in [3.63, 3.8) is 0 Å². The number of benzene rings is 2. The first-order valence-electron chi connectivity index (χ1n) is 13.3. The second-order valence-corrected chi connectivity index (χ2v) is 10.2. The van der Waals surface area contributed by atoms with Gasteiger partial charge < -0.3 is 29.1 Å². The van der Waals surface area contributed by atoms with Gasteiger partial charge in [0.1, 0.15) is 23.9 Å². The largest absolute Gasteiger partial charge is 0.493 e. The van der Waals surface area contributed by atoms with Crippen LogP contribution >= 0.6 is 0 Å². The van der Waals surface area contributed by atoms with Crippen LogP contribution in [0.5, 0.6) is 11.5 Å². The Bertz CT molecular complexity index is 1260. The highest BCUT2D eigenvalue weighted by atomic mass is 16.6. The van der Waals surface area contributed by atoms with Crippen molar-refractivity contribution in [2.24, 2.45) is 0 Å². The van der Waals surface area contributed by atoms with Gasteiger partial charge in [-0.1, -0.05) is 37.5 Å². The molecule has 9 nitrogen and oxygen atoms in total. The molecule has 0 unspecified atom stereocenters. The van der Waals surface area contributed by atoms with Crippen molar-refractivity contribution in [2.45, 2.75) is 77.5 Å². The quantitative estimate of drug-likeness (QED) is 0.303. The Kier molecular flexibility index (Phi) is 9.11. The number of carbonyl (C=O) groups excluding carboxylic acids is 1. The van der Waals surface area contributed by atoms with E-state index in [1.807, 2.05) is 37.3 Å². The second-order valence-electron chi connectivity index (χ2n) is 10.2. The minimum atomic E-state index is -1.47. The highest BCUT2D eigenvalue weighted by Crippen LogP contribution is 2.29. The van der Waals surface area contributed by atoms with Crippen LogP contribution in [-0.4, -0.2) is 40.4 Å². The number of amides is 1. The smallest absolute Gasteiger partial charge is 0.407 e. The van der Waals surface area contributed by atoms with Gasteiger partial charge in [0.05, 0.1) is 12.3 Å². The molecule has 2 aromatic carbocycles. The number of aliphatic carboxylic acids is 1. The fourth-order valence-corrected chi connectivity index (χ4v) is 4.40. The van der Waals surface area contributed by atoms with Crippen LogP contribution in [0, 0.1) is 6.92 Å². The van der Waals surface area contributed by atoms with E-state index in [1.54, 1.807) is 18.2 Å². The molecular formula is C30H36N2O7. The molecule has 3 aromatic rings. The number of carbonyl (C=O) groups is 2. The number of oxazole rings is 1. The zero-order valence-corrected chi connectivity index (χ0v) is 22.7. The number of ether oxygens (including phenoxy) is 3. The van der Waals surface area contributed by atoms with E-state index < -0.39 is 17.7 Å². The summed E-state index contributed by atoms with van der Waals surface area (Å²) in [5.41, 5.74) is 0.747. The van der Waals surface area contributed by atoms with E-state index in [-0.39, 0.29) is 12.6 Å². The number of aromatic nitrogens is 1. The lowest BCUT2D eigenvalue weighted by molar-refractivity contribution is -0.152. The average molecular weight is 537 g/mol. The van der Waals surface area contributed by atoms with Gasteiger partial charge in [0.15, 0.2) is 5.60 Å². The van der Waals surface area contributed by atoms with E-state index in [2.05, 4.69) is 10.3 Å². The molecule has 1 aliphatic rings. The van der Waals surface area contributed by atoms with E-state index in [1.165, 1.54) is 20.3 Å². The minimum Gasteiger partial charge on any atom is -0.493 e. The van der Waals surface area contributed by atoms with Gasteiger partial charge in [0, 0.05) is 23.6 Å². The van der Waals surface area contributed by atoms with Crippen LogP contribution < -0.4 is 14.8 Å². The molecule has 1 fully saturated rings. The summed E-state index contributed by atoms with van der Waals surface area (Å²) in [6.45, 7) is 5.04. The Morgan fingerprint density at radius 1 is 1.10 bits per heavy atom. The number of hydrogen-bond donors (Lipinski definition) is 2. The molecule has 0 radical (unpaired) electrons. The molecule has 39 heavy (non-hydrogen) atoms. The Morgan fingerprint density at radius 3 is 2.56 bits per heavy atom. The monoisotopic (exact) mass is 536 g/mol. The summed E-state index contributed by atoms with van der Waals surface area (Å²) in [6, 6.07) is 14.8. The van der Waals surface area contributed by atoms with Crippen LogP contribution in [0.1, 0.15) is 63.0 Å². The Balaban J connectivity index is 1.41. The number of aryl methyl sites for hydroxylation is 1. The summed E-state index contributed by atoms with van der Waals surface area (Å²) in [5.74, 6) is 1.03. The third-order valence-electron chi connectivity index (χ3n) is 6.72. The van der Waals surface area contributed by atoms with Gasteiger partial charge in [-0.05, 0) is 63.9 Å². The topological polar surface area (TPSA) is 120 Å². The molecular weight excluding hydrogens is 500 g/mol. The van der Waals surface area contributed by atoms with Crippen LogP contribution in [0.2, 0.25) is 0 Å². The summed E-state index contributed by atoms with van der Waals surface area (Å²) in [5, 5.41) is 12.4. The number of nitrogens with zero attached hydrogens (tertiary/aromatic N) is 1. The number of carboxylic acids is 1. The molecule has 4 rings (SSSR count). The molecule has 1 amide bonds. The van der Waals surface area contributed by atoms with Crippen LogP contribution in [0.4, 0.5) is 4.79 Å². The van der Waals surface area contributed by atoms with Crippen molar-refractivity contribution in [3.05, 3.63) is 65.5 Å². The van der Waals surface area contributed by atoms with Gasteiger partial charge in [0.2, 0.25) is 5.89 Å².